The van der Waals surface area contributed by atoms with E-state index >= 15 is 0 Å². The summed E-state index contributed by atoms with van der Waals surface area (Å²) in [4.78, 5) is 20.7. The van der Waals surface area contributed by atoms with Crippen molar-refractivity contribution in [1.29, 1.82) is 0 Å². The maximum atomic E-state index is 10.4. The van der Waals surface area contributed by atoms with Crippen LogP contribution in [0.4, 0.5) is 0 Å². The molecule has 0 bridgehead atoms. The maximum absolute atomic E-state index is 10.4. The largest absolute Gasteiger partial charge is 0.303 e. The second kappa shape index (κ2) is 5.73. The van der Waals surface area contributed by atoms with E-state index in [1.165, 1.54) is 0 Å². The van der Waals surface area contributed by atoms with Crippen LogP contribution in [0.3, 0.4) is 0 Å². The van der Waals surface area contributed by atoms with Crippen molar-refractivity contribution in [2.24, 2.45) is 11.8 Å². The number of hydrogen-bond acceptors (Lipinski definition) is 2. The van der Waals surface area contributed by atoms with Crippen LogP contribution in [0, 0.1) is 11.8 Å². The molecule has 0 saturated carbocycles. The molecule has 2 unspecified atom stereocenters. The molecule has 0 aliphatic heterocycles. The van der Waals surface area contributed by atoms with Gasteiger partial charge in [0.2, 0.25) is 0 Å². The molecule has 2 nitrogen and oxygen atoms in total. The van der Waals surface area contributed by atoms with Crippen LogP contribution in [0.5, 0.6) is 0 Å². The van der Waals surface area contributed by atoms with Gasteiger partial charge >= 0.3 is 0 Å². The average molecular weight is 168 g/mol. The van der Waals surface area contributed by atoms with E-state index in [-0.39, 0.29) is 11.8 Å². The Hall–Kier alpha value is -0.880. The summed E-state index contributed by atoms with van der Waals surface area (Å²) in [5.41, 5.74) is 0.728. The highest BCUT2D eigenvalue weighted by atomic mass is 16.1. The number of aldehydes is 1. The molecule has 2 atom stereocenters. The second-order valence-corrected chi connectivity index (χ2v) is 3.24. The number of carbonyl (C=O) groups excluding carboxylic acids is 2. The Labute approximate surface area is 73.7 Å². The zero-order valence-electron chi connectivity index (χ0n) is 7.96. The van der Waals surface area contributed by atoms with E-state index < -0.39 is 0 Å². The zero-order chi connectivity index (χ0) is 9.56. The summed E-state index contributed by atoms with van der Waals surface area (Å²) in [6.07, 6.45) is 2.60. The Morgan fingerprint density at radius 1 is 1.58 bits per heavy atom. The number of rotatable bonds is 5. The van der Waals surface area contributed by atoms with Gasteiger partial charge < -0.3 is 4.79 Å². The molecule has 0 aromatic rings. The molecule has 12 heavy (non-hydrogen) atoms. The Morgan fingerprint density at radius 3 is 2.50 bits per heavy atom. The summed E-state index contributed by atoms with van der Waals surface area (Å²) in [6.45, 7) is 5.66. The van der Waals surface area contributed by atoms with Crippen molar-refractivity contribution in [2.45, 2.75) is 33.6 Å². The monoisotopic (exact) mass is 168 g/mol. The summed E-state index contributed by atoms with van der Waals surface area (Å²) in [7, 11) is 0. The smallest absolute Gasteiger partial charge is 0.123 e. The molecule has 0 rings (SSSR count). The molecular weight excluding hydrogens is 152 g/mol. The van der Waals surface area contributed by atoms with Crippen molar-refractivity contribution in [3.63, 3.8) is 0 Å². The topological polar surface area (TPSA) is 34.1 Å². The first-order valence-electron chi connectivity index (χ1n) is 4.32. The molecule has 2 heteroatoms. The summed E-state index contributed by atoms with van der Waals surface area (Å²) in [6, 6.07) is 0. The zero-order valence-corrected chi connectivity index (χ0v) is 7.96. The van der Waals surface area contributed by atoms with Gasteiger partial charge in [-0.25, -0.2) is 4.79 Å². The molecule has 0 aromatic heterocycles. The average Bonchev–Trinajstić information content (AvgIpc) is 2.12. The highest BCUT2D eigenvalue weighted by Gasteiger charge is 2.12. The van der Waals surface area contributed by atoms with Gasteiger partial charge in [-0.05, 0) is 25.7 Å². The van der Waals surface area contributed by atoms with Gasteiger partial charge in [0.05, 0.1) is 0 Å². The van der Waals surface area contributed by atoms with E-state index in [9.17, 15) is 9.59 Å². The molecule has 0 aliphatic carbocycles. The van der Waals surface area contributed by atoms with Gasteiger partial charge in [0.25, 0.3) is 0 Å². The fourth-order valence-electron chi connectivity index (χ4n) is 1.24. The highest BCUT2D eigenvalue weighted by molar-refractivity contribution is 5.55. The minimum absolute atomic E-state index is 0.0400. The third-order valence-corrected chi connectivity index (χ3v) is 2.15. The SMILES string of the molecule is CCC(CC(C)C=O)C(C)=C=O. The van der Waals surface area contributed by atoms with Crippen LogP contribution in [0.1, 0.15) is 33.6 Å². The first-order valence-corrected chi connectivity index (χ1v) is 4.32. The highest BCUT2D eigenvalue weighted by Crippen LogP contribution is 2.20. The first kappa shape index (κ1) is 11.1. The molecular formula is C10H16O2. The van der Waals surface area contributed by atoms with E-state index in [0.717, 1.165) is 24.7 Å². The summed E-state index contributed by atoms with van der Waals surface area (Å²) >= 11 is 0. The predicted molar refractivity (Wildman–Crippen MR) is 48.5 cm³/mol. The first-order chi connectivity index (χ1) is 5.65. The lowest BCUT2D eigenvalue weighted by Gasteiger charge is -2.14. The Morgan fingerprint density at radius 2 is 2.17 bits per heavy atom. The lowest BCUT2D eigenvalue weighted by molar-refractivity contribution is -0.111. The van der Waals surface area contributed by atoms with Crippen LogP contribution in [0.15, 0.2) is 5.57 Å². The van der Waals surface area contributed by atoms with Crippen molar-refractivity contribution in [1.82, 2.24) is 0 Å². The minimum atomic E-state index is 0.0400. The third-order valence-electron chi connectivity index (χ3n) is 2.15. The van der Waals surface area contributed by atoms with Gasteiger partial charge in [-0.3, -0.25) is 0 Å². The fraction of sp³-hybridized carbons (Fsp3) is 0.700. The molecule has 68 valence electrons. The van der Waals surface area contributed by atoms with Gasteiger partial charge in [-0.2, -0.15) is 0 Å². The Kier molecular flexibility index (Phi) is 5.31. The summed E-state index contributed by atoms with van der Waals surface area (Å²) in [5.74, 6) is 2.16. The van der Waals surface area contributed by atoms with Crippen LogP contribution in [-0.2, 0) is 9.59 Å². The second-order valence-electron chi connectivity index (χ2n) is 3.24. The van der Waals surface area contributed by atoms with Crippen molar-refractivity contribution in [3.05, 3.63) is 5.57 Å². The lowest BCUT2D eigenvalue weighted by atomic mass is 9.89. The normalized spacial score (nSPS) is 14.6. The van der Waals surface area contributed by atoms with Crippen LogP contribution in [0.2, 0.25) is 0 Å². The van der Waals surface area contributed by atoms with Crippen LogP contribution < -0.4 is 0 Å². The number of allylic oxidation sites excluding steroid dienone is 1. The van der Waals surface area contributed by atoms with Crippen molar-refractivity contribution in [2.75, 3.05) is 0 Å². The van der Waals surface area contributed by atoms with Gasteiger partial charge in [0.15, 0.2) is 0 Å². The van der Waals surface area contributed by atoms with E-state index in [4.69, 9.17) is 0 Å². The molecule has 0 aromatic carbocycles. The Bertz CT molecular complexity index is 190. The molecule has 0 radical (unpaired) electrons. The van der Waals surface area contributed by atoms with Crippen LogP contribution >= 0.6 is 0 Å². The van der Waals surface area contributed by atoms with E-state index in [1.807, 2.05) is 19.8 Å². The number of hydrogen-bond donors (Lipinski definition) is 0. The van der Waals surface area contributed by atoms with Crippen molar-refractivity contribution in [3.8, 4) is 0 Å². The van der Waals surface area contributed by atoms with E-state index in [1.54, 1.807) is 6.92 Å². The predicted octanol–water partition coefficient (Wildman–Crippen LogP) is 2.02. The molecule has 0 amide bonds. The molecule has 0 saturated heterocycles. The van der Waals surface area contributed by atoms with Crippen LogP contribution in [-0.4, -0.2) is 12.2 Å². The van der Waals surface area contributed by atoms with Gasteiger partial charge in [0, 0.05) is 11.5 Å². The van der Waals surface area contributed by atoms with Gasteiger partial charge in [-0.15, -0.1) is 0 Å². The van der Waals surface area contributed by atoms with Crippen molar-refractivity contribution < 1.29 is 9.59 Å². The standard InChI is InChI=1S/C10H16O2/c1-4-10(9(3)7-12)5-8(2)6-11/h6,8,10H,4-5H2,1-3H3. The fourth-order valence-corrected chi connectivity index (χ4v) is 1.24. The van der Waals surface area contributed by atoms with Gasteiger partial charge in [-0.1, -0.05) is 13.8 Å². The van der Waals surface area contributed by atoms with Crippen molar-refractivity contribution >= 4 is 12.2 Å². The molecule has 0 spiro atoms. The summed E-state index contributed by atoms with van der Waals surface area (Å²) < 4.78 is 0. The molecule has 0 N–H and O–H groups in total. The lowest BCUT2D eigenvalue weighted by Crippen LogP contribution is -2.08. The quantitative estimate of drug-likeness (QED) is 0.465. The molecule has 0 aliphatic rings. The maximum Gasteiger partial charge on any atom is 0.123 e. The third kappa shape index (κ3) is 3.49. The van der Waals surface area contributed by atoms with Crippen LogP contribution in [0.25, 0.3) is 0 Å². The molecule has 0 fully saturated rings. The Balaban J connectivity index is 4.17. The minimum Gasteiger partial charge on any atom is -0.303 e. The van der Waals surface area contributed by atoms with E-state index in [2.05, 4.69) is 0 Å². The summed E-state index contributed by atoms with van der Waals surface area (Å²) in [5, 5.41) is 0. The molecule has 0 heterocycles. The van der Waals surface area contributed by atoms with E-state index in [0.29, 0.717) is 0 Å². The van der Waals surface area contributed by atoms with Gasteiger partial charge in [0.1, 0.15) is 12.2 Å². The number of carbonyl (C=O) groups is 1.